The Balaban J connectivity index is 1.77. The number of alkyl halides is 3. The van der Waals surface area contributed by atoms with Crippen LogP contribution in [-0.2, 0) is 35.1 Å². The van der Waals surface area contributed by atoms with Gasteiger partial charge in [-0.1, -0.05) is 19.1 Å². The van der Waals surface area contributed by atoms with Gasteiger partial charge in [0.1, 0.15) is 12.6 Å². The number of hydrogen-bond acceptors (Lipinski definition) is 6. The smallest absolute Gasteiger partial charge is 0.303 e. The van der Waals surface area contributed by atoms with Crippen molar-refractivity contribution in [1.82, 2.24) is 28.9 Å². The van der Waals surface area contributed by atoms with Crippen LogP contribution in [0.25, 0.3) is 22.6 Å². The number of nitrogens with zero attached hydrogens (tertiary/aromatic N) is 6. The van der Waals surface area contributed by atoms with Crippen LogP contribution in [0, 0.1) is 0 Å². The monoisotopic (exact) mass is 546 g/mol. The Bertz CT molecular complexity index is 1530. The number of benzene rings is 1. The number of aromatic nitrogens is 6. The lowest BCUT2D eigenvalue weighted by Gasteiger charge is -2.11. The van der Waals surface area contributed by atoms with Crippen LogP contribution in [0.1, 0.15) is 24.5 Å². The SMILES string of the molecule is CCCn1c(Cl)nc2nc(-c3cnn(Cc4cccc(C(F)(F)F)c4)c3)n(COP(=O)(O)O)c2c1=O. The summed E-state index contributed by atoms with van der Waals surface area (Å²) in [7, 11) is -4.92. The van der Waals surface area contributed by atoms with Crippen molar-refractivity contribution < 1.29 is 32.0 Å². The van der Waals surface area contributed by atoms with Crippen molar-refractivity contribution in [3.63, 3.8) is 0 Å². The molecule has 16 heteroatoms. The molecule has 3 aromatic heterocycles. The van der Waals surface area contributed by atoms with Crippen LogP contribution >= 0.6 is 19.4 Å². The predicted octanol–water partition coefficient (Wildman–Crippen LogP) is 3.65. The molecular formula is C20H19ClF3N6O5P. The van der Waals surface area contributed by atoms with Crippen LogP contribution in [0.5, 0.6) is 0 Å². The third-order valence-corrected chi connectivity index (χ3v) is 5.85. The fraction of sp³-hybridized carbons (Fsp3) is 0.300. The minimum atomic E-state index is -4.92. The molecule has 36 heavy (non-hydrogen) atoms. The molecule has 0 atom stereocenters. The van der Waals surface area contributed by atoms with Gasteiger partial charge in [0.25, 0.3) is 5.56 Å². The van der Waals surface area contributed by atoms with Crippen molar-refractivity contribution in [1.29, 1.82) is 0 Å². The minimum absolute atomic E-state index is 0.00346. The van der Waals surface area contributed by atoms with Gasteiger partial charge in [0.2, 0.25) is 5.28 Å². The van der Waals surface area contributed by atoms with E-state index in [1.54, 1.807) is 0 Å². The summed E-state index contributed by atoms with van der Waals surface area (Å²) < 4.78 is 58.7. The maximum atomic E-state index is 13.1. The number of halogens is 4. The van der Waals surface area contributed by atoms with Crippen LogP contribution in [0.2, 0.25) is 5.28 Å². The van der Waals surface area contributed by atoms with E-state index in [9.17, 15) is 32.3 Å². The first-order valence-corrected chi connectivity index (χ1v) is 12.3. The van der Waals surface area contributed by atoms with Crippen LogP contribution in [0.15, 0.2) is 41.5 Å². The predicted molar refractivity (Wildman–Crippen MR) is 122 cm³/mol. The van der Waals surface area contributed by atoms with E-state index in [4.69, 9.17) is 11.6 Å². The normalized spacial score (nSPS) is 12.5. The third kappa shape index (κ3) is 5.52. The Hall–Kier alpha value is -3.03. The molecule has 0 aliphatic carbocycles. The van der Waals surface area contributed by atoms with Crippen molar-refractivity contribution in [3.05, 3.63) is 63.4 Å². The standard InChI is InChI=1S/C20H19ClF3N6O5P/c1-2-6-29-18(31)15-16(27-19(29)21)26-17(30(15)11-35-36(32,33)34)13-8-25-28(10-13)9-12-4-3-5-14(7-12)20(22,23)24/h3-5,7-8,10H,2,6,9,11H2,1H3,(H2,32,33,34). The summed E-state index contributed by atoms with van der Waals surface area (Å²) in [5.41, 5.74) is -0.916. The molecule has 192 valence electrons. The Morgan fingerprint density at radius 2 is 1.94 bits per heavy atom. The molecular weight excluding hydrogens is 528 g/mol. The molecule has 0 amide bonds. The van der Waals surface area contributed by atoms with Crippen LogP contribution in [-0.4, -0.2) is 38.7 Å². The minimum Gasteiger partial charge on any atom is -0.303 e. The molecule has 11 nitrogen and oxygen atoms in total. The van der Waals surface area contributed by atoms with Crippen molar-refractivity contribution in [2.24, 2.45) is 0 Å². The second-order valence-electron chi connectivity index (χ2n) is 7.75. The highest BCUT2D eigenvalue weighted by Crippen LogP contribution is 2.37. The molecule has 0 spiro atoms. The molecule has 2 N–H and O–H groups in total. The van der Waals surface area contributed by atoms with Gasteiger partial charge in [0, 0.05) is 12.7 Å². The van der Waals surface area contributed by atoms with E-state index < -0.39 is 31.9 Å². The molecule has 0 unspecified atom stereocenters. The first-order valence-electron chi connectivity index (χ1n) is 10.4. The zero-order chi connectivity index (χ0) is 26.3. The molecule has 0 fully saturated rings. The summed E-state index contributed by atoms with van der Waals surface area (Å²) in [6, 6.07) is 4.78. The molecule has 0 aliphatic rings. The second-order valence-corrected chi connectivity index (χ2v) is 9.32. The highest BCUT2D eigenvalue weighted by atomic mass is 35.5. The van der Waals surface area contributed by atoms with E-state index in [2.05, 4.69) is 19.6 Å². The van der Waals surface area contributed by atoms with Crippen LogP contribution in [0.3, 0.4) is 0 Å². The molecule has 0 bridgehead atoms. The summed E-state index contributed by atoms with van der Waals surface area (Å²) in [6.07, 6.45) is -1.13. The lowest BCUT2D eigenvalue weighted by molar-refractivity contribution is -0.137. The lowest BCUT2D eigenvalue weighted by atomic mass is 10.1. The summed E-state index contributed by atoms with van der Waals surface area (Å²) in [5.74, 6) is 0.0451. The van der Waals surface area contributed by atoms with Gasteiger partial charge in [-0.05, 0) is 35.7 Å². The Morgan fingerprint density at radius 3 is 2.61 bits per heavy atom. The van der Waals surface area contributed by atoms with Gasteiger partial charge >= 0.3 is 14.0 Å². The first kappa shape index (κ1) is 26.0. The second kappa shape index (κ2) is 9.79. The summed E-state index contributed by atoms with van der Waals surface area (Å²) >= 11 is 6.13. The molecule has 0 aliphatic heterocycles. The van der Waals surface area contributed by atoms with Crippen molar-refractivity contribution in [2.75, 3.05) is 0 Å². The van der Waals surface area contributed by atoms with Gasteiger partial charge in [0.15, 0.2) is 11.2 Å². The van der Waals surface area contributed by atoms with Gasteiger partial charge in [-0.15, -0.1) is 0 Å². The topological polar surface area (TPSA) is 137 Å². The van der Waals surface area contributed by atoms with E-state index in [0.717, 1.165) is 16.7 Å². The van der Waals surface area contributed by atoms with Gasteiger partial charge < -0.3 is 9.79 Å². The zero-order valence-corrected chi connectivity index (χ0v) is 20.2. The number of phosphoric acid groups is 1. The highest BCUT2D eigenvalue weighted by Gasteiger charge is 2.30. The lowest BCUT2D eigenvalue weighted by Crippen LogP contribution is -2.24. The Labute approximate surface area is 206 Å². The molecule has 4 aromatic rings. The van der Waals surface area contributed by atoms with Crippen molar-refractivity contribution >= 4 is 30.6 Å². The largest absolute Gasteiger partial charge is 0.471 e. The number of imidazole rings is 1. The van der Waals surface area contributed by atoms with E-state index in [1.165, 1.54) is 33.8 Å². The van der Waals surface area contributed by atoms with Gasteiger partial charge in [-0.3, -0.25) is 23.1 Å². The molecule has 3 heterocycles. The Morgan fingerprint density at radius 1 is 1.19 bits per heavy atom. The van der Waals surface area contributed by atoms with E-state index in [1.807, 2.05) is 6.92 Å². The fourth-order valence-electron chi connectivity index (χ4n) is 3.58. The Kier molecular flexibility index (Phi) is 7.08. The maximum Gasteiger partial charge on any atom is 0.471 e. The highest BCUT2D eigenvalue weighted by molar-refractivity contribution is 7.46. The average Bonchev–Trinajstić information content (AvgIpc) is 3.38. The van der Waals surface area contributed by atoms with Gasteiger partial charge in [0.05, 0.1) is 23.9 Å². The molecule has 0 saturated carbocycles. The number of rotatable bonds is 8. The summed E-state index contributed by atoms with van der Waals surface area (Å²) in [5, 5.41) is 4.04. The zero-order valence-electron chi connectivity index (χ0n) is 18.6. The van der Waals surface area contributed by atoms with E-state index in [0.29, 0.717) is 17.5 Å². The van der Waals surface area contributed by atoms with Crippen molar-refractivity contribution in [3.8, 4) is 11.4 Å². The maximum absolute atomic E-state index is 13.1. The van der Waals surface area contributed by atoms with Crippen LogP contribution < -0.4 is 5.56 Å². The average molecular weight is 547 g/mol. The molecule has 4 rings (SSSR count). The molecule has 1 aromatic carbocycles. The quantitative estimate of drug-likeness (QED) is 0.252. The number of phosphoric ester groups is 1. The number of fused-ring (bicyclic) bond motifs is 1. The van der Waals surface area contributed by atoms with Crippen molar-refractivity contribution in [2.45, 2.75) is 39.3 Å². The number of hydrogen-bond donors (Lipinski definition) is 2. The fourth-order valence-corrected chi connectivity index (χ4v) is 4.09. The van der Waals surface area contributed by atoms with E-state index in [-0.39, 0.29) is 35.4 Å². The molecule has 0 radical (unpaired) electrons. The summed E-state index contributed by atoms with van der Waals surface area (Å²) in [4.78, 5) is 39.9. The van der Waals surface area contributed by atoms with Crippen LogP contribution in [0.4, 0.5) is 13.2 Å². The van der Waals surface area contributed by atoms with E-state index >= 15 is 0 Å². The summed E-state index contributed by atoms with van der Waals surface area (Å²) in [6.45, 7) is 1.33. The third-order valence-electron chi connectivity index (χ3n) is 5.11. The first-order chi connectivity index (χ1) is 16.9. The molecule has 0 saturated heterocycles. The van der Waals surface area contributed by atoms with Gasteiger partial charge in [-0.2, -0.15) is 23.3 Å². The van der Waals surface area contributed by atoms with Gasteiger partial charge in [-0.25, -0.2) is 9.55 Å².